The molecule has 0 aromatic heterocycles. The average molecular weight is 209 g/mol. The first-order valence-electron chi connectivity index (χ1n) is 5.25. The van der Waals surface area contributed by atoms with E-state index in [2.05, 4.69) is 17.0 Å². The largest absolute Gasteiger partial charge is 0.379 e. The van der Waals surface area contributed by atoms with E-state index in [1.54, 1.807) is 0 Å². The van der Waals surface area contributed by atoms with Crippen LogP contribution in [0.15, 0.2) is 24.3 Å². The summed E-state index contributed by atoms with van der Waals surface area (Å²) in [6, 6.07) is 7.96. The zero-order valence-corrected chi connectivity index (χ0v) is 8.72. The molecule has 1 saturated heterocycles. The molecule has 0 bridgehead atoms. The summed E-state index contributed by atoms with van der Waals surface area (Å²) in [6.45, 7) is 4.65. The summed E-state index contributed by atoms with van der Waals surface area (Å²) in [7, 11) is 0. The predicted octanol–water partition coefficient (Wildman–Crippen LogP) is 0.103. The maximum absolute atomic E-state index is 8.80. The van der Waals surface area contributed by atoms with E-state index in [0.29, 0.717) is 0 Å². The minimum atomic E-state index is 0.836. The predicted molar refractivity (Wildman–Crippen MR) is 55.9 cm³/mol. The molecule has 1 aromatic rings. The number of hydrogen-bond acceptors (Lipinski definition) is 3. The molecule has 4 heteroatoms. The fourth-order valence-corrected chi connectivity index (χ4v) is 1.73. The third-order valence-electron chi connectivity index (χ3n) is 2.64. The van der Waals surface area contributed by atoms with Gasteiger partial charge in [0.2, 0.25) is 0 Å². The average Bonchev–Trinajstić information content (AvgIpc) is 2.31. The van der Waals surface area contributed by atoms with E-state index in [1.807, 2.05) is 12.1 Å². The molecule has 1 heterocycles. The van der Waals surface area contributed by atoms with Gasteiger partial charge in [0.25, 0.3) is 0 Å². The Balaban J connectivity index is 1.91. The Hall–Kier alpha value is -0.940. The van der Waals surface area contributed by atoms with Crippen LogP contribution in [-0.4, -0.2) is 36.4 Å². The van der Waals surface area contributed by atoms with E-state index >= 15 is 0 Å². The Kier molecular flexibility index (Phi) is 3.69. The highest BCUT2D eigenvalue weighted by molar-refractivity contribution is 5.31. The second-order valence-electron chi connectivity index (χ2n) is 3.76. The smallest absolute Gasteiger partial charge is 0.161 e. The van der Waals surface area contributed by atoms with Gasteiger partial charge in [-0.15, -0.1) is 0 Å². The molecule has 0 atom stereocenters. The van der Waals surface area contributed by atoms with Gasteiger partial charge in [-0.25, -0.2) is 5.21 Å². The van der Waals surface area contributed by atoms with Gasteiger partial charge in [-0.3, -0.25) is 4.90 Å². The lowest BCUT2D eigenvalue weighted by Crippen LogP contribution is -2.73. The summed E-state index contributed by atoms with van der Waals surface area (Å²) in [5, 5.41) is 8.80. The SMILES string of the molecule is O[NH2+]c1ccc(CN2CCOCC2)cc1. The van der Waals surface area contributed by atoms with Crippen LogP contribution < -0.4 is 5.48 Å². The number of benzene rings is 1. The van der Waals surface area contributed by atoms with E-state index in [4.69, 9.17) is 9.94 Å². The maximum Gasteiger partial charge on any atom is 0.161 e. The fourth-order valence-electron chi connectivity index (χ4n) is 1.73. The molecule has 1 aromatic carbocycles. The van der Waals surface area contributed by atoms with Crippen LogP contribution in [-0.2, 0) is 11.3 Å². The molecule has 1 fully saturated rings. The van der Waals surface area contributed by atoms with Crippen LogP contribution in [0, 0.1) is 0 Å². The first-order valence-corrected chi connectivity index (χ1v) is 5.25. The monoisotopic (exact) mass is 209 g/mol. The minimum Gasteiger partial charge on any atom is -0.379 e. The van der Waals surface area contributed by atoms with E-state index in [9.17, 15) is 0 Å². The third kappa shape index (κ3) is 3.00. The number of morpholine rings is 1. The molecule has 1 aliphatic rings. The van der Waals surface area contributed by atoms with Crippen molar-refractivity contribution in [2.75, 3.05) is 26.3 Å². The van der Waals surface area contributed by atoms with Crippen LogP contribution in [0.4, 0.5) is 5.69 Å². The highest BCUT2D eigenvalue weighted by Gasteiger charge is 2.10. The summed E-state index contributed by atoms with van der Waals surface area (Å²) in [5.41, 5.74) is 3.25. The molecule has 0 radical (unpaired) electrons. The Morgan fingerprint density at radius 3 is 2.47 bits per heavy atom. The van der Waals surface area contributed by atoms with Gasteiger partial charge in [0, 0.05) is 31.8 Å². The van der Waals surface area contributed by atoms with Gasteiger partial charge >= 0.3 is 0 Å². The van der Waals surface area contributed by atoms with Crippen molar-refractivity contribution in [3.05, 3.63) is 29.8 Å². The van der Waals surface area contributed by atoms with Gasteiger partial charge in [0.1, 0.15) is 0 Å². The molecular formula is C11H17N2O2+. The second-order valence-corrected chi connectivity index (χ2v) is 3.76. The van der Waals surface area contributed by atoms with Crippen molar-refractivity contribution in [1.82, 2.24) is 4.90 Å². The lowest BCUT2D eigenvalue weighted by atomic mass is 10.2. The Morgan fingerprint density at radius 2 is 1.87 bits per heavy atom. The van der Waals surface area contributed by atoms with Crippen LogP contribution in [0.2, 0.25) is 0 Å². The molecular weight excluding hydrogens is 192 g/mol. The first-order chi connectivity index (χ1) is 7.38. The zero-order chi connectivity index (χ0) is 10.5. The topological polar surface area (TPSA) is 49.3 Å². The molecule has 0 spiro atoms. The first kappa shape index (κ1) is 10.6. The highest BCUT2D eigenvalue weighted by atomic mass is 16.5. The zero-order valence-electron chi connectivity index (χ0n) is 8.72. The number of nitrogens with zero attached hydrogens (tertiary/aromatic N) is 1. The van der Waals surface area contributed by atoms with Crippen molar-refractivity contribution in [2.24, 2.45) is 0 Å². The number of rotatable bonds is 3. The van der Waals surface area contributed by atoms with E-state index in [-0.39, 0.29) is 0 Å². The Morgan fingerprint density at radius 1 is 1.20 bits per heavy atom. The Bertz CT molecular complexity index is 294. The molecule has 4 nitrogen and oxygen atoms in total. The normalized spacial score (nSPS) is 17.9. The van der Waals surface area contributed by atoms with Crippen LogP contribution in [0.5, 0.6) is 0 Å². The second kappa shape index (κ2) is 5.23. The van der Waals surface area contributed by atoms with Gasteiger partial charge in [0.15, 0.2) is 5.69 Å². The summed E-state index contributed by atoms with van der Waals surface area (Å²) in [6.07, 6.45) is 0. The van der Waals surface area contributed by atoms with Crippen molar-refractivity contribution in [3.8, 4) is 0 Å². The molecule has 15 heavy (non-hydrogen) atoms. The third-order valence-corrected chi connectivity index (χ3v) is 2.64. The maximum atomic E-state index is 8.80. The van der Waals surface area contributed by atoms with Crippen molar-refractivity contribution in [2.45, 2.75) is 6.54 Å². The molecule has 0 aliphatic carbocycles. The van der Waals surface area contributed by atoms with Crippen molar-refractivity contribution in [3.63, 3.8) is 0 Å². The molecule has 82 valence electrons. The molecule has 0 saturated carbocycles. The summed E-state index contributed by atoms with van der Waals surface area (Å²) >= 11 is 0. The highest BCUT2D eigenvalue weighted by Crippen LogP contribution is 2.09. The molecule has 0 unspecified atom stereocenters. The summed E-state index contributed by atoms with van der Waals surface area (Å²) < 4.78 is 5.29. The van der Waals surface area contributed by atoms with Crippen LogP contribution in [0.1, 0.15) is 5.56 Å². The van der Waals surface area contributed by atoms with Gasteiger partial charge in [-0.05, 0) is 5.56 Å². The molecule has 0 amide bonds. The fraction of sp³-hybridized carbons (Fsp3) is 0.455. The van der Waals surface area contributed by atoms with Gasteiger partial charge in [-0.1, -0.05) is 12.1 Å². The standard InChI is InChI=1S/C11H16N2O2/c14-12-11-3-1-10(2-4-11)9-13-5-7-15-8-6-13/h1-4,12,14H,5-9H2/p+1. The van der Waals surface area contributed by atoms with Gasteiger partial charge in [-0.2, -0.15) is 5.48 Å². The number of quaternary nitrogens is 1. The number of nitrogens with two attached hydrogens (primary N) is 1. The van der Waals surface area contributed by atoms with Crippen LogP contribution in [0.3, 0.4) is 0 Å². The van der Waals surface area contributed by atoms with Crippen molar-refractivity contribution in [1.29, 1.82) is 0 Å². The van der Waals surface area contributed by atoms with Crippen LogP contribution >= 0.6 is 0 Å². The van der Waals surface area contributed by atoms with E-state index in [0.717, 1.165) is 44.0 Å². The van der Waals surface area contributed by atoms with Gasteiger partial charge in [0.05, 0.1) is 13.2 Å². The minimum absolute atomic E-state index is 0.836. The number of ether oxygens (including phenoxy) is 1. The molecule has 2 rings (SSSR count). The van der Waals surface area contributed by atoms with Gasteiger partial charge < -0.3 is 4.74 Å². The molecule has 3 N–H and O–H groups in total. The Labute approximate surface area is 89.4 Å². The van der Waals surface area contributed by atoms with E-state index < -0.39 is 0 Å². The number of hydrogen-bond donors (Lipinski definition) is 2. The summed E-state index contributed by atoms with van der Waals surface area (Å²) in [4.78, 5) is 2.38. The quantitative estimate of drug-likeness (QED) is 0.548. The lowest BCUT2D eigenvalue weighted by Gasteiger charge is -2.26. The molecule has 1 aliphatic heterocycles. The van der Waals surface area contributed by atoms with E-state index in [1.165, 1.54) is 5.56 Å². The van der Waals surface area contributed by atoms with Crippen molar-refractivity contribution < 1.29 is 15.4 Å². The van der Waals surface area contributed by atoms with Crippen LogP contribution in [0.25, 0.3) is 0 Å². The lowest BCUT2D eigenvalue weighted by molar-refractivity contribution is -0.825. The van der Waals surface area contributed by atoms with Crippen molar-refractivity contribution >= 4 is 5.69 Å². The summed E-state index contributed by atoms with van der Waals surface area (Å²) in [5.74, 6) is 0.